The first-order valence-electron chi connectivity index (χ1n) is 8.34. The van der Waals surface area contributed by atoms with Crippen molar-refractivity contribution < 1.29 is 0 Å². The lowest BCUT2D eigenvalue weighted by molar-refractivity contribution is 1.34. The van der Waals surface area contributed by atoms with Crippen LogP contribution in [-0.2, 0) is 0 Å². The number of nitrogens with zero attached hydrogens (tertiary/aromatic N) is 2. The average molecular weight is 322 g/mol. The van der Waals surface area contributed by atoms with Crippen LogP contribution in [0.5, 0.6) is 0 Å². The fourth-order valence-corrected chi connectivity index (χ4v) is 3.00. The summed E-state index contributed by atoms with van der Waals surface area (Å²) in [6.07, 6.45) is 3.95. The van der Waals surface area contributed by atoms with Crippen molar-refractivity contribution in [1.82, 2.24) is 9.97 Å². The summed E-state index contributed by atoms with van der Waals surface area (Å²) in [6, 6.07) is 22.7. The second-order valence-corrected chi connectivity index (χ2v) is 5.99. The van der Waals surface area contributed by atoms with E-state index in [2.05, 4.69) is 49.0 Å². The van der Waals surface area contributed by atoms with Gasteiger partial charge in [-0.15, -0.1) is 0 Å². The molecule has 2 nitrogen and oxygen atoms in total. The van der Waals surface area contributed by atoms with Crippen molar-refractivity contribution in [3.05, 3.63) is 91.2 Å². The Kier molecular flexibility index (Phi) is 3.87. The zero-order chi connectivity index (χ0) is 17.2. The summed E-state index contributed by atoms with van der Waals surface area (Å²) in [6.45, 7) is 6.08. The topological polar surface area (TPSA) is 25.8 Å². The van der Waals surface area contributed by atoms with Gasteiger partial charge in [0.25, 0.3) is 0 Å². The van der Waals surface area contributed by atoms with E-state index in [4.69, 9.17) is 9.97 Å². The third-order valence-electron chi connectivity index (χ3n) is 4.29. The highest BCUT2D eigenvalue weighted by Gasteiger charge is 2.08. The van der Waals surface area contributed by atoms with Crippen molar-refractivity contribution in [2.45, 2.75) is 6.92 Å². The van der Waals surface area contributed by atoms with Crippen LogP contribution in [0.1, 0.15) is 12.6 Å². The van der Waals surface area contributed by atoms with Gasteiger partial charge in [0, 0.05) is 16.3 Å². The van der Waals surface area contributed by atoms with Gasteiger partial charge in [0.1, 0.15) is 0 Å². The summed E-state index contributed by atoms with van der Waals surface area (Å²) in [7, 11) is 0. The van der Waals surface area contributed by atoms with Gasteiger partial charge >= 0.3 is 0 Å². The van der Waals surface area contributed by atoms with Crippen LogP contribution < -0.4 is 0 Å². The second-order valence-electron chi connectivity index (χ2n) is 5.99. The zero-order valence-corrected chi connectivity index (χ0v) is 14.1. The van der Waals surface area contributed by atoms with Crippen LogP contribution in [0.2, 0.25) is 0 Å². The number of aromatic nitrogens is 2. The smallest absolute Gasteiger partial charge is 0.0972 e. The van der Waals surface area contributed by atoms with E-state index in [1.807, 2.05) is 43.3 Å². The molecular weight excluding hydrogens is 304 g/mol. The van der Waals surface area contributed by atoms with Gasteiger partial charge in [-0.3, -0.25) is 0 Å². The Morgan fingerprint density at radius 2 is 1.44 bits per heavy atom. The molecule has 0 unspecified atom stereocenters. The van der Waals surface area contributed by atoms with Gasteiger partial charge in [-0.2, -0.15) is 0 Å². The molecular formula is C23H18N2. The SMILES string of the molecule is C=C(/C=C\C)c1ccc2ccc3ccc(-c4ccccc4)nc3c2n1. The van der Waals surface area contributed by atoms with E-state index >= 15 is 0 Å². The van der Waals surface area contributed by atoms with Gasteiger partial charge < -0.3 is 0 Å². The van der Waals surface area contributed by atoms with Gasteiger partial charge in [0.2, 0.25) is 0 Å². The number of allylic oxidation sites excluding steroid dienone is 3. The Hall–Kier alpha value is -3.26. The fourth-order valence-electron chi connectivity index (χ4n) is 3.00. The molecule has 4 aromatic rings. The molecule has 0 aliphatic rings. The quantitative estimate of drug-likeness (QED) is 0.339. The summed E-state index contributed by atoms with van der Waals surface area (Å²) in [5.41, 5.74) is 5.69. The van der Waals surface area contributed by atoms with E-state index in [0.29, 0.717) is 0 Å². The molecule has 0 saturated carbocycles. The molecule has 2 heteroatoms. The van der Waals surface area contributed by atoms with Crippen molar-refractivity contribution in [3.63, 3.8) is 0 Å². The molecule has 2 heterocycles. The number of hydrogen-bond acceptors (Lipinski definition) is 2. The molecule has 0 fully saturated rings. The lowest BCUT2D eigenvalue weighted by Gasteiger charge is -2.08. The number of pyridine rings is 2. The van der Waals surface area contributed by atoms with Crippen LogP contribution in [0.25, 0.3) is 38.6 Å². The first-order chi connectivity index (χ1) is 12.3. The van der Waals surface area contributed by atoms with Crippen LogP contribution >= 0.6 is 0 Å². The third-order valence-corrected chi connectivity index (χ3v) is 4.29. The molecule has 25 heavy (non-hydrogen) atoms. The summed E-state index contributed by atoms with van der Waals surface area (Å²) >= 11 is 0. The maximum absolute atomic E-state index is 4.91. The predicted octanol–water partition coefficient (Wildman–Crippen LogP) is 6.04. The standard InChI is InChI=1S/C23H18N2/c1-3-7-16(2)20-14-12-18-10-11-19-13-15-21(17-8-5-4-6-9-17)25-23(19)22(18)24-20/h3-15H,2H2,1H3/b7-3-. The zero-order valence-electron chi connectivity index (χ0n) is 14.1. The molecule has 0 amide bonds. The largest absolute Gasteiger partial charge is 0.246 e. The molecule has 0 radical (unpaired) electrons. The summed E-state index contributed by atoms with van der Waals surface area (Å²) in [5.74, 6) is 0. The van der Waals surface area contributed by atoms with E-state index in [9.17, 15) is 0 Å². The molecule has 0 N–H and O–H groups in total. The second kappa shape index (κ2) is 6.33. The van der Waals surface area contributed by atoms with Gasteiger partial charge in [0.05, 0.1) is 22.4 Å². The maximum Gasteiger partial charge on any atom is 0.0972 e. The molecule has 0 aliphatic heterocycles. The minimum Gasteiger partial charge on any atom is -0.246 e. The lowest BCUT2D eigenvalue weighted by atomic mass is 10.1. The molecule has 2 aromatic heterocycles. The number of rotatable bonds is 3. The Balaban J connectivity index is 1.97. The molecule has 0 aliphatic carbocycles. The molecule has 120 valence electrons. The summed E-state index contributed by atoms with van der Waals surface area (Å²) in [5, 5.41) is 2.18. The normalized spacial score (nSPS) is 11.4. The van der Waals surface area contributed by atoms with Crippen LogP contribution in [0.3, 0.4) is 0 Å². The van der Waals surface area contributed by atoms with Crippen molar-refractivity contribution in [2.24, 2.45) is 0 Å². The minimum absolute atomic E-state index is 0.880. The summed E-state index contributed by atoms with van der Waals surface area (Å²) in [4.78, 5) is 9.75. The van der Waals surface area contributed by atoms with Gasteiger partial charge in [-0.25, -0.2) is 9.97 Å². The van der Waals surface area contributed by atoms with Crippen molar-refractivity contribution in [3.8, 4) is 11.3 Å². The first-order valence-corrected chi connectivity index (χ1v) is 8.34. The molecule has 0 spiro atoms. The lowest BCUT2D eigenvalue weighted by Crippen LogP contribution is -1.92. The highest BCUT2D eigenvalue weighted by Crippen LogP contribution is 2.27. The van der Waals surface area contributed by atoms with Crippen LogP contribution in [-0.4, -0.2) is 9.97 Å². The number of benzene rings is 2. The van der Waals surface area contributed by atoms with Crippen molar-refractivity contribution in [2.75, 3.05) is 0 Å². The highest BCUT2D eigenvalue weighted by molar-refractivity contribution is 6.03. The molecule has 0 bridgehead atoms. The minimum atomic E-state index is 0.880. The number of fused-ring (bicyclic) bond motifs is 3. The van der Waals surface area contributed by atoms with E-state index in [-0.39, 0.29) is 0 Å². The maximum atomic E-state index is 4.91. The summed E-state index contributed by atoms with van der Waals surface area (Å²) < 4.78 is 0. The predicted molar refractivity (Wildman–Crippen MR) is 106 cm³/mol. The van der Waals surface area contributed by atoms with E-state index < -0.39 is 0 Å². The Bertz CT molecular complexity index is 1110. The number of hydrogen-bond donors (Lipinski definition) is 0. The van der Waals surface area contributed by atoms with Crippen LogP contribution in [0.4, 0.5) is 0 Å². The molecule has 0 atom stereocenters. The van der Waals surface area contributed by atoms with Crippen LogP contribution in [0.15, 0.2) is 85.5 Å². The molecule has 2 aromatic carbocycles. The Morgan fingerprint density at radius 3 is 2.16 bits per heavy atom. The Labute approximate surface area is 147 Å². The van der Waals surface area contributed by atoms with Gasteiger partial charge in [0.15, 0.2) is 0 Å². The van der Waals surface area contributed by atoms with Crippen molar-refractivity contribution >= 4 is 27.4 Å². The average Bonchev–Trinajstić information content (AvgIpc) is 2.68. The molecule has 4 rings (SSSR count). The van der Waals surface area contributed by atoms with Gasteiger partial charge in [-0.05, 0) is 24.6 Å². The highest BCUT2D eigenvalue weighted by atomic mass is 14.8. The van der Waals surface area contributed by atoms with E-state index in [1.54, 1.807) is 0 Å². The van der Waals surface area contributed by atoms with E-state index in [1.165, 1.54) is 0 Å². The monoisotopic (exact) mass is 322 g/mol. The first kappa shape index (κ1) is 15.3. The van der Waals surface area contributed by atoms with Gasteiger partial charge in [-0.1, -0.05) is 73.3 Å². The van der Waals surface area contributed by atoms with Crippen LogP contribution in [0, 0.1) is 0 Å². The Morgan fingerprint density at radius 1 is 0.800 bits per heavy atom. The molecule has 0 saturated heterocycles. The fraction of sp³-hybridized carbons (Fsp3) is 0.0435. The van der Waals surface area contributed by atoms with E-state index in [0.717, 1.165) is 44.3 Å². The third kappa shape index (κ3) is 2.83. The van der Waals surface area contributed by atoms with Crippen molar-refractivity contribution in [1.29, 1.82) is 0 Å².